The number of hydrogen-bond acceptors (Lipinski definition) is 5. The first kappa shape index (κ1) is 27.3. The van der Waals surface area contributed by atoms with E-state index in [0.717, 1.165) is 63.6 Å². The SMILES string of the molecule is Cc1nc(-c2ccc3c(c2)nc(C2(NC(=O)c4ccc5c(C6CCCC6)c(-c6ccccn6)n(C)c5c4)CCC2)n3C)cs1. The van der Waals surface area contributed by atoms with Crippen molar-refractivity contribution in [2.24, 2.45) is 14.1 Å². The first-order valence-corrected chi connectivity index (χ1v) is 16.6. The fraction of sp³-hybridized carbons (Fsp3) is 0.333. The Morgan fingerprint density at radius 3 is 2.48 bits per heavy atom. The number of carbonyl (C=O) groups is 1. The maximum atomic E-state index is 14.0. The van der Waals surface area contributed by atoms with Crippen molar-refractivity contribution >= 4 is 39.2 Å². The van der Waals surface area contributed by atoms with Gasteiger partial charge < -0.3 is 14.5 Å². The van der Waals surface area contributed by atoms with Crippen LogP contribution in [0.15, 0.2) is 66.2 Å². The van der Waals surface area contributed by atoms with Crippen molar-refractivity contribution in [2.75, 3.05) is 0 Å². The summed E-state index contributed by atoms with van der Waals surface area (Å²) in [5, 5.41) is 7.83. The standard InChI is InChI=1S/C36H36N6OS/c1-22-38-29(21-44-22)24-13-15-30-28(19-24)39-35(42(30)3)36(16-8-17-36)40-34(43)25-12-14-26-31(20-25)41(2)33(27-11-6-7-18-37-27)32(26)23-9-4-5-10-23/h6-7,11-15,18-21,23H,4-5,8-10,16-17H2,1-3H3,(H,40,43). The Balaban J connectivity index is 1.15. The molecule has 2 aliphatic carbocycles. The van der Waals surface area contributed by atoms with E-state index in [1.54, 1.807) is 11.3 Å². The number of nitrogens with one attached hydrogen (secondary N) is 1. The van der Waals surface area contributed by atoms with Crippen molar-refractivity contribution in [1.82, 2.24) is 29.4 Å². The van der Waals surface area contributed by atoms with Crippen molar-refractivity contribution in [3.05, 3.63) is 88.1 Å². The van der Waals surface area contributed by atoms with E-state index in [1.807, 2.05) is 25.3 Å². The predicted octanol–water partition coefficient (Wildman–Crippen LogP) is 8.03. The molecule has 4 aromatic heterocycles. The fourth-order valence-corrected chi connectivity index (χ4v) is 8.18. The monoisotopic (exact) mass is 600 g/mol. The molecule has 0 atom stereocenters. The first-order valence-electron chi connectivity index (χ1n) is 15.7. The minimum atomic E-state index is -0.487. The lowest BCUT2D eigenvalue weighted by Crippen LogP contribution is -2.52. The quantitative estimate of drug-likeness (QED) is 0.210. The van der Waals surface area contributed by atoms with Crippen LogP contribution < -0.4 is 5.32 Å². The van der Waals surface area contributed by atoms with Crippen LogP contribution in [0.3, 0.4) is 0 Å². The van der Waals surface area contributed by atoms with E-state index < -0.39 is 5.54 Å². The number of aromatic nitrogens is 5. The van der Waals surface area contributed by atoms with E-state index in [1.165, 1.54) is 42.3 Å². The lowest BCUT2D eigenvalue weighted by molar-refractivity contribution is 0.0805. The average molecular weight is 601 g/mol. The maximum Gasteiger partial charge on any atom is 0.252 e. The number of benzene rings is 2. The second-order valence-corrected chi connectivity index (χ2v) is 13.7. The highest BCUT2D eigenvalue weighted by atomic mass is 32.1. The molecule has 0 saturated heterocycles. The zero-order valence-electron chi connectivity index (χ0n) is 25.4. The fourth-order valence-electron chi connectivity index (χ4n) is 7.55. The van der Waals surface area contributed by atoms with Crippen LogP contribution in [0.25, 0.3) is 44.6 Å². The van der Waals surface area contributed by atoms with Gasteiger partial charge >= 0.3 is 0 Å². The molecular weight excluding hydrogens is 565 g/mol. The number of pyridine rings is 1. The Morgan fingerprint density at radius 2 is 1.77 bits per heavy atom. The molecule has 2 aromatic carbocycles. The van der Waals surface area contributed by atoms with Crippen molar-refractivity contribution in [3.8, 4) is 22.6 Å². The van der Waals surface area contributed by atoms with Gasteiger partial charge in [0.1, 0.15) is 5.82 Å². The lowest BCUT2D eigenvalue weighted by Gasteiger charge is -2.41. The van der Waals surface area contributed by atoms with Crippen LogP contribution in [-0.2, 0) is 19.6 Å². The predicted molar refractivity (Wildman–Crippen MR) is 177 cm³/mol. The summed E-state index contributed by atoms with van der Waals surface area (Å²) < 4.78 is 4.40. The number of thiazole rings is 1. The van der Waals surface area contributed by atoms with Crippen LogP contribution in [0.5, 0.6) is 0 Å². The Bertz CT molecular complexity index is 2040. The third kappa shape index (κ3) is 4.30. The molecule has 2 aliphatic rings. The molecule has 0 bridgehead atoms. The van der Waals surface area contributed by atoms with Crippen LogP contribution in [0.4, 0.5) is 0 Å². The molecule has 1 amide bonds. The smallest absolute Gasteiger partial charge is 0.252 e. The second-order valence-electron chi connectivity index (χ2n) is 12.6. The summed E-state index contributed by atoms with van der Waals surface area (Å²) in [5.74, 6) is 1.38. The lowest BCUT2D eigenvalue weighted by atomic mass is 9.75. The van der Waals surface area contributed by atoms with Gasteiger partial charge in [0.05, 0.1) is 38.7 Å². The number of imidazole rings is 1. The van der Waals surface area contributed by atoms with Gasteiger partial charge in [-0.3, -0.25) is 9.78 Å². The molecule has 2 fully saturated rings. The molecule has 0 unspecified atom stereocenters. The number of amides is 1. The summed E-state index contributed by atoms with van der Waals surface area (Å²) in [6, 6.07) is 18.7. The van der Waals surface area contributed by atoms with E-state index in [9.17, 15) is 4.79 Å². The van der Waals surface area contributed by atoms with Gasteiger partial charge in [0.2, 0.25) is 0 Å². The number of nitrogens with zero attached hydrogens (tertiary/aromatic N) is 5. The van der Waals surface area contributed by atoms with Gasteiger partial charge in [-0.05, 0) is 86.9 Å². The topological polar surface area (TPSA) is 77.6 Å². The van der Waals surface area contributed by atoms with Gasteiger partial charge in [0.25, 0.3) is 5.91 Å². The number of hydrogen-bond donors (Lipinski definition) is 1. The Kier molecular flexibility index (Phi) is 6.45. The Labute approximate surface area is 261 Å². The molecule has 7 nitrogen and oxygen atoms in total. The highest BCUT2D eigenvalue weighted by Crippen LogP contribution is 2.45. The van der Waals surface area contributed by atoms with Crippen molar-refractivity contribution in [1.29, 1.82) is 0 Å². The molecule has 0 aliphatic heterocycles. The molecule has 1 N–H and O–H groups in total. The third-order valence-corrected chi connectivity index (χ3v) is 10.7. The van der Waals surface area contributed by atoms with Gasteiger partial charge in [-0.2, -0.15) is 0 Å². The van der Waals surface area contributed by atoms with E-state index in [4.69, 9.17) is 9.97 Å². The van der Waals surface area contributed by atoms with Crippen LogP contribution in [-0.4, -0.2) is 30.0 Å². The molecule has 4 heterocycles. The van der Waals surface area contributed by atoms with Crippen LogP contribution in [0.1, 0.15) is 77.6 Å². The van der Waals surface area contributed by atoms with E-state index in [-0.39, 0.29) is 5.91 Å². The number of rotatable bonds is 6. The van der Waals surface area contributed by atoms with E-state index in [0.29, 0.717) is 11.5 Å². The Morgan fingerprint density at radius 1 is 0.932 bits per heavy atom. The minimum absolute atomic E-state index is 0.0553. The highest BCUT2D eigenvalue weighted by Gasteiger charge is 2.44. The summed E-state index contributed by atoms with van der Waals surface area (Å²) in [7, 11) is 4.17. The van der Waals surface area contributed by atoms with Gasteiger partial charge in [-0.25, -0.2) is 9.97 Å². The van der Waals surface area contributed by atoms with Crippen LogP contribution in [0, 0.1) is 6.92 Å². The minimum Gasteiger partial charge on any atom is -0.342 e. The first-order chi connectivity index (χ1) is 21.4. The number of fused-ring (bicyclic) bond motifs is 2. The summed E-state index contributed by atoms with van der Waals surface area (Å²) in [6.07, 6.45) is 9.59. The summed E-state index contributed by atoms with van der Waals surface area (Å²) >= 11 is 1.65. The van der Waals surface area contributed by atoms with Crippen LogP contribution in [0.2, 0.25) is 0 Å². The van der Waals surface area contributed by atoms with E-state index in [2.05, 4.69) is 81.4 Å². The largest absolute Gasteiger partial charge is 0.342 e. The summed E-state index contributed by atoms with van der Waals surface area (Å²) in [4.78, 5) is 28.5. The van der Waals surface area contributed by atoms with Crippen LogP contribution >= 0.6 is 11.3 Å². The molecule has 8 heteroatoms. The van der Waals surface area contributed by atoms with Gasteiger partial charge in [0, 0.05) is 47.7 Å². The zero-order valence-corrected chi connectivity index (χ0v) is 26.2. The summed E-state index contributed by atoms with van der Waals surface area (Å²) in [6.45, 7) is 2.03. The average Bonchev–Trinajstić information content (AvgIpc) is 3.82. The molecule has 2 saturated carbocycles. The summed E-state index contributed by atoms with van der Waals surface area (Å²) in [5.41, 5.74) is 8.84. The van der Waals surface area contributed by atoms with Gasteiger partial charge in [-0.15, -0.1) is 11.3 Å². The number of aryl methyl sites for hydroxylation is 3. The molecule has 8 rings (SSSR count). The normalized spacial score (nSPS) is 16.5. The zero-order chi connectivity index (χ0) is 30.0. The van der Waals surface area contributed by atoms with E-state index >= 15 is 0 Å². The van der Waals surface area contributed by atoms with Gasteiger partial charge in [-0.1, -0.05) is 31.0 Å². The second kappa shape index (κ2) is 10.4. The molecule has 6 aromatic rings. The maximum absolute atomic E-state index is 14.0. The molecule has 222 valence electrons. The van der Waals surface area contributed by atoms with Crippen molar-refractivity contribution in [2.45, 2.75) is 63.3 Å². The van der Waals surface area contributed by atoms with Crippen molar-refractivity contribution in [3.63, 3.8) is 0 Å². The molecule has 0 radical (unpaired) electrons. The molecular formula is C36H36N6OS. The Hall–Kier alpha value is -4.30. The molecule has 44 heavy (non-hydrogen) atoms. The molecule has 0 spiro atoms. The van der Waals surface area contributed by atoms with Gasteiger partial charge in [0.15, 0.2) is 0 Å². The van der Waals surface area contributed by atoms with Crippen molar-refractivity contribution < 1.29 is 4.79 Å². The highest BCUT2D eigenvalue weighted by molar-refractivity contribution is 7.09. The third-order valence-electron chi connectivity index (χ3n) is 9.96. The number of carbonyl (C=O) groups excluding carboxylic acids is 1.